The van der Waals surface area contributed by atoms with Gasteiger partial charge in [0.05, 0.1) is 0 Å². The summed E-state index contributed by atoms with van der Waals surface area (Å²) < 4.78 is 0. The van der Waals surface area contributed by atoms with E-state index < -0.39 is 5.97 Å². The van der Waals surface area contributed by atoms with Gasteiger partial charge in [-0.05, 0) is 65.4 Å². The van der Waals surface area contributed by atoms with E-state index in [0.717, 1.165) is 5.57 Å². The molecule has 0 spiro atoms. The number of allylic oxidation sites excluding steroid dienone is 5. The van der Waals surface area contributed by atoms with Gasteiger partial charge in [0.2, 0.25) is 0 Å². The van der Waals surface area contributed by atoms with E-state index in [0.29, 0.717) is 0 Å². The number of aliphatic carboxylic acids is 1. The van der Waals surface area contributed by atoms with Gasteiger partial charge in [0.15, 0.2) is 0 Å². The molecule has 1 N–H and O–H groups in total. The van der Waals surface area contributed by atoms with E-state index in [1.165, 1.54) is 41.2 Å². The van der Waals surface area contributed by atoms with E-state index >= 15 is 0 Å². The Morgan fingerprint density at radius 3 is 2.24 bits per heavy atom. The van der Waals surface area contributed by atoms with E-state index in [4.69, 9.17) is 5.11 Å². The maximum Gasteiger partial charge on any atom is 0.328 e. The van der Waals surface area contributed by atoms with Crippen molar-refractivity contribution in [1.29, 1.82) is 0 Å². The average Bonchev–Trinajstić information content (AvgIpc) is 2.51. The minimum absolute atomic E-state index is 0.206. The maximum absolute atomic E-state index is 10.7. The standard InChI is InChI=1S/C23H30O2/c1-16(14-21(24)25)8-7-9-17(2)18-10-11-19-20(15-18)23(5,6)13-12-22(19,3)4/h7-11,14-15H,12-13H2,1-6H3,(H,24,25)/b8-7+,16-14+,17-9-. The molecule has 0 aromatic heterocycles. The molecule has 0 amide bonds. The van der Waals surface area contributed by atoms with Gasteiger partial charge in [-0.15, -0.1) is 0 Å². The van der Waals surface area contributed by atoms with Crippen LogP contribution >= 0.6 is 0 Å². The molecule has 134 valence electrons. The molecule has 25 heavy (non-hydrogen) atoms. The second-order valence-electron chi connectivity index (χ2n) is 8.46. The van der Waals surface area contributed by atoms with Crippen LogP contribution in [0.5, 0.6) is 0 Å². The van der Waals surface area contributed by atoms with Gasteiger partial charge in [-0.1, -0.05) is 64.1 Å². The molecule has 1 aromatic rings. The van der Waals surface area contributed by atoms with Crippen molar-refractivity contribution >= 4 is 11.5 Å². The Hall–Kier alpha value is -2.09. The van der Waals surface area contributed by atoms with Crippen LogP contribution < -0.4 is 0 Å². The predicted octanol–water partition coefficient (Wildman–Crippen LogP) is 6.03. The number of carboxylic acid groups (broad SMARTS) is 1. The number of fused-ring (bicyclic) bond motifs is 1. The van der Waals surface area contributed by atoms with Crippen molar-refractivity contribution in [2.24, 2.45) is 0 Å². The third-order valence-electron chi connectivity index (χ3n) is 5.36. The minimum Gasteiger partial charge on any atom is -0.478 e. The van der Waals surface area contributed by atoms with Gasteiger partial charge in [-0.3, -0.25) is 0 Å². The number of carboxylic acids is 1. The molecule has 2 nitrogen and oxygen atoms in total. The molecule has 0 atom stereocenters. The summed E-state index contributed by atoms with van der Waals surface area (Å²) in [4.78, 5) is 10.7. The molecule has 0 heterocycles. The zero-order valence-electron chi connectivity index (χ0n) is 16.3. The van der Waals surface area contributed by atoms with E-state index in [9.17, 15) is 4.79 Å². The zero-order valence-corrected chi connectivity index (χ0v) is 16.3. The molecule has 0 radical (unpaired) electrons. The molecule has 1 aliphatic carbocycles. The van der Waals surface area contributed by atoms with Gasteiger partial charge in [0, 0.05) is 6.08 Å². The van der Waals surface area contributed by atoms with Gasteiger partial charge in [0.1, 0.15) is 0 Å². The Balaban J connectivity index is 2.34. The summed E-state index contributed by atoms with van der Waals surface area (Å²) in [6, 6.07) is 6.85. The Labute approximate surface area is 152 Å². The lowest BCUT2D eigenvalue weighted by Crippen LogP contribution is -2.33. The average molecular weight is 338 g/mol. The first-order valence-electron chi connectivity index (χ1n) is 8.94. The third kappa shape index (κ3) is 4.50. The van der Waals surface area contributed by atoms with Crippen molar-refractivity contribution in [2.45, 2.75) is 65.2 Å². The Morgan fingerprint density at radius 1 is 1.04 bits per heavy atom. The fourth-order valence-corrected chi connectivity index (χ4v) is 3.52. The molecule has 1 aromatic carbocycles. The summed E-state index contributed by atoms with van der Waals surface area (Å²) in [6.07, 6.45) is 9.42. The fourth-order valence-electron chi connectivity index (χ4n) is 3.52. The molecule has 2 rings (SSSR count). The lowest BCUT2D eigenvalue weighted by atomic mass is 9.63. The lowest BCUT2D eigenvalue weighted by molar-refractivity contribution is -0.131. The largest absolute Gasteiger partial charge is 0.478 e. The van der Waals surface area contributed by atoms with Crippen molar-refractivity contribution in [3.05, 3.63) is 64.8 Å². The molecule has 1 aliphatic rings. The van der Waals surface area contributed by atoms with Crippen molar-refractivity contribution in [3.63, 3.8) is 0 Å². The van der Waals surface area contributed by atoms with Crippen molar-refractivity contribution < 1.29 is 9.90 Å². The highest BCUT2D eigenvalue weighted by atomic mass is 16.4. The molecule has 0 saturated heterocycles. The topological polar surface area (TPSA) is 37.3 Å². The smallest absolute Gasteiger partial charge is 0.328 e. The number of hydrogen-bond donors (Lipinski definition) is 1. The number of rotatable bonds is 4. The SMILES string of the molecule is C/C(=C/C=C/C(C)=C/C(=O)O)c1ccc2c(c1)C(C)(C)CCC2(C)C. The van der Waals surface area contributed by atoms with Crippen LogP contribution in [0.2, 0.25) is 0 Å². The van der Waals surface area contributed by atoms with Crippen LogP contribution in [-0.4, -0.2) is 11.1 Å². The Morgan fingerprint density at radius 2 is 1.64 bits per heavy atom. The first-order chi connectivity index (χ1) is 11.5. The number of benzene rings is 1. The monoisotopic (exact) mass is 338 g/mol. The highest BCUT2D eigenvalue weighted by Crippen LogP contribution is 2.46. The van der Waals surface area contributed by atoms with Gasteiger partial charge in [-0.2, -0.15) is 0 Å². The summed E-state index contributed by atoms with van der Waals surface area (Å²) in [7, 11) is 0. The fraction of sp³-hybridized carbons (Fsp3) is 0.435. The van der Waals surface area contributed by atoms with Gasteiger partial charge >= 0.3 is 5.97 Å². The highest BCUT2D eigenvalue weighted by molar-refractivity contribution is 5.81. The molecule has 0 bridgehead atoms. The number of hydrogen-bond acceptors (Lipinski definition) is 1. The van der Waals surface area contributed by atoms with Crippen LogP contribution in [0.3, 0.4) is 0 Å². The van der Waals surface area contributed by atoms with Crippen LogP contribution in [0.15, 0.2) is 48.1 Å². The molecule has 2 heteroatoms. The molecule has 0 unspecified atom stereocenters. The molecular formula is C23H30O2. The summed E-state index contributed by atoms with van der Waals surface area (Å²) in [6.45, 7) is 13.2. The molecule has 0 fully saturated rings. The van der Waals surface area contributed by atoms with Crippen LogP contribution in [0.4, 0.5) is 0 Å². The van der Waals surface area contributed by atoms with E-state index in [1.807, 2.05) is 18.2 Å². The highest BCUT2D eigenvalue weighted by Gasteiger charge is 2.36. The normalized spacial score (nSPS) is 19.8. The number of carbonyl (C=O) groups is 1. The zero-order chi connectivity index (χ0) is 18.8. The second kappa shape index (κ2) is 7.03. The third-order valence-corrected chi connectivity index (χ3v) is 5.36. The summed E-state index contributed by atoms with van der Waals surface area (Å²) in [5.41, 5.74) is 6.51. The first kappa shape index (κ1) is 19.2. The van der Waals surface area contributed by atoms with E-state index in [-0.39, 0.29) is 10.8 Å². The maximum atomic E-state index is 10.7. The molecular weight excluding hydrogens is 308 g/mol. The minimum atomic E-state index is -0.914. The lowest BCUT2D eigenvalue weighted by Gasteiger charge is -2.42. The van der Waals surface area contributed by atoms with Gasteiger partial charge in [-0.25, -0.2) is 4.79 Å². The second-order valence-corrected chi connectivity index (χ2v) is 8.46. The van der Waals surface area contributed by atoms with Crippen molar-refractivity contribution in [1.82, 2.24) is 0 Å². The van der Waals surface area contributed by atoms with E-state index in [2.05, 4.69) is 52.8 Å². The van der Waals surface area contributed by atoms with Crippen LogP contribution in [-0.2, 0) is 15.6 Å². The summed E-state index contributed by atoms with van der Waals surface area (Å²) >= 11 is 0. The summed E-state index contributed by atoms with van der Waals surface area (Å²) in [5.74, 6) is -0.914. The Kier molecular flexibility index (Phi) is 5.41. The quantitative estimate of drug-likeness (QED) is 0.538. The van der Waals surface area contributed by atoms with Gasteiger partial charge in [0.25, 0.3) is 0 Å². The van der Waals surface area contributed by atoms with Crippen molar-refractivity contribution in [2.75, 3.05) is 0 Å². The molecule has 0 aliphatic heterocycles. The Bertz CT molecular complexity index is 758. The van der Waals surface area contributed by atoms with Crippen LogP contribution in [0.25, 0.3) is 5.57 Å². The predicted molar refractivity (Wildman–Crippen MR) is 106 cm³/mol. The molecule has 0 saturated carbocycles. The first-order valence-corrected chi connectivity index (χ1v) is 8.94. The van der Waals surface area contributed by atoms with E-state index in [1.54, 1.807) is 6.92 Å². The summed E-state index contributed by atoms with van der Waals surface area (Å²) in [5, 5.41) is 8.75. The van der Waals surface area contributed by atoms with Crippen LogP contribution in [0.1, 0.15) is 71.1 Å². The van der Waals surface area contributed by atoms with Gasteiger partial charge < -0.3 is 5.11 Å². The van der Waals surface area contributed by atoms with Crippen molar-refractivity contribution in [3.8, 4) is 0 Å². The van der Waals surface area contributed by atoms with Crippen LogP contribution in [0, 0.1) is 0 Å².